The van der Waals surface area contributed by atoms with E-state index in [1.54, 1.807) is 0 Å². The van der Waals surface area contributed by atoms with Gasteiger partial charge in [0.05, 0.1) is 17.7 Å². The third-order valence-corrected chi connectivity index (χ3v) is 5.29. The zero-order valence-corrected chi connectivity index (χ0v) is 19.0. The molecule has 0 saturated heterocycles. The van der Waals surface area contributed by atoms with Gasteiger partial charge in [0.2, 0.25) is 0 Å². The van der Waals surface area contributed by atoms with Crippen molar-refractivity contribution in [2.45, 2.75) is 89.5 Å². The smallest absolute Gasteiger partial charge is 0.331 e. The molecule has 9 heteroatoms. The highest BCUT2D eigenvalue weighted by Gasteiger charge is 2.37. The molecule has 1 rings (SSSR count). The van der Waals surface area contributed by atoms with Crippen LogP contribution in [0.5, 0.6) is 0 Å². The van der Waals surface area contributed by atoms with Crippen molar-refractivity contribution in [2.24, 2.45) is 0 Å². The van der Waals surface area contributed by atoms with E-state index >= 15 is 0 Å². The first-order valence-electron chi connectivity index (χ1n) is 11.0. The summed E-state index contributed by atoms with van der Waals surface area (Å²) >= 11 is 0. The van der Waals surface area contributed by atoms with Crippen LogP contribution < -0.4 is 0 Å². The number of ether oxygens (including phenoxy) is 3. The van der Waals surface area contributed by atoms with E-state index in [0.717, 1.165) is 31.4 Å². The topological polar surface area (TPSA) is 27.7 Å². The fourth-order valence-electron chi connectivity index (χ4n) is 3.44. The Balaban J connectivity index is 2.61. The van der Waals surface area contributed by atoms with Gasteiger partial charge in [-0.2, -0.15) is 26.3 Å². The number of alkyl halides is 6. The maximum atomic E-state index is 13.0. The van der Waals surface area contributed by atoms with Gasteiger partial charge in [0, 0.05) is 20.6 Å². The van der Waals surface area contributed by atoms with E-state index in [1.807, 2.05) is 0 Å². The van der Waals surface area contributed by atoms with Crippen molar-refractivity contribution >= 4 is 0 Å². The SMILES string of the molecule is CCCCCCCCCC(OC)(OC)OCCCc1cc(C(F)(F)F)cc(C(F)(F)F)c1. The van der Waals surface area contributed by atoms with Crippen LogP contribution in [0.15, 0.2) is 18.2 Å². The minimum Gasteiger partial charge on any atom is -0.331 e. The highest BCUT2D eigenvalue weighted by molar-refractivity contribution is 5.33. The molecule has 0 atom stereocenters. The van der Waals surface area contributed by atoms with Crippen LogP contribution in [0.1, 0.15) is 81.4 Å². The quantitative estimate of drug-likeness (QED) is 0.148. The fourth-order valence-corrected chi connectivity index (χ4v) is 3.44. The number of halogens is 6. The number of benzene rings is 1. The van der Waals surface area contributed by atoms with E-state index in [1.165, 1.54) is 39.9 Å². The summed E-state index contributed by atoms with van der Waals surface area (Å²) in [6.07, 6.45) is -1.34. The standard InChI is InChI=1S/C23H34F6O3/c1-4-5-6-7-8-9-10-13-21(30-2,31-3)32-14-11-12-18-15-19(22(24,25)26)17-20(16-18)23(27,28)29/h15-17H,4-14H2,1-3H3. The lowest BCUT2D eigenvalue weighted by atomic mass is 10.0. The Kier molecular flexibility index (Phi) is 12.0. The molecule has 0 amide bonds. The molecule has 0 aliphatic heterocycles. The normalized spacial score (nSPS) is 13.0. The molecule has 1 aromatic rings. The summed E-state index contributed by atoms with van der Waals surface area (Å²) in [7, 11) is 2.88. The van der Waals surface area contributed by atoms with E-state index in [2.05, 4.69) is 6.92 Å². The maximum Gasteiger partial charge on any atom is 0.416 e. The average molecular weight is 473 g/mol. The molecular formula is C23H34F6O3. The first-order chi connectivity index (χ1) is 15.0. The second kappa shape index (κ2) is 13.4. The molecular weight excluding hydrogens is 438 g/mol. The second-order valence-electron chi connectivity index (χ2n) is 7.83. The van der Waals surface area contributed by atoms with Crippen molar-refractivity contribution in [2.75, 3.05) is 20.8 Å². The largest absolute Gasteiger partial charge is 0.416 e. The molecule has 0 N–H and O–H groups in total. The molecule has 0 heterocycles. The molecule has 0 bridgehead atoms. The molecule has 0 aliphatic carbocycles. The van der Waals surface area contributed by atoms with Crippen LogP contribution in [-0.4, -0.2) is 26.8 Å². The Hall–Kier alpha value is -1.32. The van der Waals surface area contributed by atoms with Gasteiger partial charge >= 0.3 is 12.4 Å². The summed E-state index contributed by atoms with van der Waals surface area (Å²) in [4.78, 5) is 0. The van der Waals surface area contributed by atoms with E-state index in [0.29, 0.717) is 6.42 Å². The molecule has 0 aromatic heterocycles. The van der Waals surface area contributed by atoms with Crippen LogP contribution in [-0.2, 0) is 33.0 Å². The predicted molar refractivity (Wildman–Crippen MR) is 110 cm³/mol. The summed E-state index contributed by atoms with van der Waals surface area (Å²) in [5.74, 6) is -1.27. The maximum absolute atomic E-state index is 13.0. The molecule has 0 unspecified atom stereocenters. The lowest BCUT2D eigenvalue weighted by molar-refractivity contribution is -0.365. The minimum absolute atomic E-state index is 0.00601. The van der Waals surface area contributed by atoms with Gasteiger partial charge in [0.15, 0.2) is 0 Å². The Morgan fingerprint density at radius 2 is 1.19 bits per heavy atom. The van der Waals surface area contributed by atoms with Crippen LogP contribution in [0, 0.1) is 0 Å². The molecule has 3 nitrogen and oxygen atoms in total. The number of unbranched alkanes of at least 4 members (excludes halogenated alkanes) is 6. The van der Waals surface area contributed by atoms with Gasteiger partial charge in [-0.05, 0) is 43.0 Å². The van der Waals surface area contributed by atoms with Crippen molar-refractivity contribution in [1.29, 1.82) is 0 Å². The highest BCUT2D eigenvalue weighted by atomic mass is 19.4. The van der Waals surface area contributed by atoms with E-state index in [4.69, 9.17) is 14.2 Å². The zero-order chi connectivity index (χ0) is 24.3. The predicted octanol–water partition coefficient (Wildman–Crippen LogP) is 7.76. The number of aryl methyl sites for hydroxylation is 1. The monoisotopic (exact) mass is 472 g/mol. The van der Waals surface area contributed by atoms with Crippen LogP contribution in [0.3, 0.4) is 0 Å². The van der Waals surface area contributed by atoms with Crippen molar-refractivity contribution in [1.82, 2.24) is 0 Å². The van der Waals surface area contributed by atoms with Crippen LogP contribution in [0.2, 0.25) is 0 Å². The van der Waals surface area contributed by atoms with Gasteiger partial charge < -0.3 is 14.2 Å². The fraction of sp³-hybridized carbons (Fsp3) is 0.739. The van der Waals surface area contributed by atoms with Crippen molar-refractivity contribution in [3.8, 4) is 0 Å². The molecule has 0 saturated carbocycles. The average Bonchev–Trinajstić information content (AvgIpc) is 2.73. The third kappa shape index (κ3) is 10.1. The van der Waals surface area contributed by atoms with Crippen molar-refractivity contribution in [3.05, 3.63) is 34.9 Å². The van der Waals surface area contributed by atoms with Gasteiger partial charge in [0.25, 0.3) is 5.97 Å². The molecule has 0 fully saturated rings. The summed E-state index contributed by atoms with van der Waals surface area (Å²) in [6.45, 7) is 2.22. The first kappa shape index (κ1) is 28.7. The van der Waals surface area contributed by atoms with E-state index in [9.17, 15) is 26.3 Å². The van der Waals surface area contributed by atoms with Gasteiger partial charge in [-0.25, -0.2) is 0 Å². The molecule has 186 valence electrons. The lowest BCUT2D eigenvalue weighted by Gasteiger charge is -2.30. The zero-order valence-electron chi connectivity index (χ0n) is 19.0. The van der Waals surface area contributed by atoms with Crippen LogP contribution in [0.4, 0.5) is 26.3 Å². The van der Waals surface area contributed by atoms with Gasteiger partial charge in [-0.3, -0.25) is 0 Å². The van der Waals surface area contributed by atoms with Gasteiger partial charge in [-0.1, -0.05) is 45.4 Å². The minimum atomic E-state index is -4.86. The number of hydrogen-bond acceptors (Lipinski definition) is 3. The lowest BCUT2D eigenvalue weighted by Crippen LogP contribution is -2.37. The number of hydrogen-bond donors (Lipinski definition) is 0. The molecule has 32 heavy (non-hydrogen) atoms. The Morgan fingerprint density at radius 3 is 1.66 bits per heavy atom. The Bertz CT molecular complexity index is 622. The Morgan fingerprint density at radius 1 is 0.688 bits per heavy atom. The van der Waals surface area contributed by atoms with Crippen molar-refractivity contribution < 1.29 is 40.6 Å². The van der Waals surface area contributed by atoms with Gasteiger partial charge in [-0.15, -0.1) is 0 Å². The summed E-state index contributed by atoms with van der Waals surface area (Å²) < 4.78 is 94.3. The molecule has 1 aromatic carbocycles. The molecule has 0 aliphatic rings. The Labute approximate surface area is 186 Å². The molecule has 0 spiro atoms. The highest BCUT2D eigenvalue weighted by Crippen LogP contribution is 2.36. The number of rotatable bonds is 15. The first-order valence-corrected chi connectivity index (χ1v) is 11.0. The van der Waals surface area contributed by atoms with E-state index < -0.39 is 29.5 Å². The summed E-state index contributed by atoms with van der Waals surface area (Å²) in [5, 5.41) is 0. The summed E-state index contributed by atoms with van der Waals surface area (Å²) in [5.41, 5.74) is -2.68. The second-order valence-corrected chi connectivity index (χ2v) is 7.83. The van der Waals surface area contributed by atoms with Crippen LogP contribution in [0.25, 0.3) is 0 Å². The van der Waals surface area contributed by atoms with Crippen molar-refractivity contribution in [3.63, 3.8) is 0 Å². The number of methoxy groups -OCH3 is 2. The van der Waals surface area contributed by atoms with Gasteiger partial charge in [0.1, 0.15) is 0 Å². The van der Waals surface area contributed by atoms with E-state index in [-0.39, 0.29) is 31.1 Å². The summed E-state index contributed by atoms with van der Waals surface area (Å²) in [6, 6.07) is 1.62. The third-order valence-electron chi connectivity index (χ3n) is 5.29. The molecule has 0 radical (unpaired) electrons. The van der Waals surface area contributed by atoms with Crippen LogP contribution >= 0.6 is 0 Å².